The first-order chi connectivity index (χ1) is 8.08. The fourth-order valence-electron chi connectivity index (χ4n) is 1.58. The minimum absolute atomic E-state index is 0.792. The van der Waals surface area contributed by atoms with Gasteiger partial charge in [0.05, 0.1) is 0 Å². The molecule has 0 aromatic carbocycles. The summed E-state index contributed by atoms with van der Waals surface area (Å²) in [6.45, 7) is 9.20. The van der Waals surface area contributed by atoms with E-state index in [1.54, 1.807) is 0 Å². The van der Waals surface area contributed by atoms with Crippen molar-refractivity contribution in [2.45, 2.75) is 55.1 Å². The molecule has 4 heteroatoms. The van der Waals surface area contributed by atoms with Crippen LogP contribution in [0.2, 0.25) is 0 Å². The van der Waals surface area contributed by atoms with Gasteiger partial charge in [0.1, 0.15) is 0 Å². The monoisotopic (exact) mass is 310 g/mol. The highest BCUT2D eigenvalue weighted by Crippen LogP contribution is 2.34. The van der Waals surface area contributed by atoms with Gasteiger partial charge in [0, 0.05) is 27.8 Å². The van der Waals surface area contributed by atoms with Crippen LogP contribution in [0.15, 0.2) is 0 Å². The van der Waals surface area contributed by atoms with Crippen molar-refractivity contribution in [1.29, 1.82) is 0 Å². The second kappa shape index (κ2) is 9.33. The molecule has 0 radical (unpaired) electrons. The SMILES string of the molecule is CC(C)SCCC1CSC(CSC(C)C)CS1. The van der Waals surface area contributed by atoms with Crippen LogP contribution in [0, 0.1) is 0 Å². The largest absolute Gasteiger partial charge is 0.159 e. The molecular formula is C13H26S4. The van der Waals surface area contributed by atoms with Crippen molar-refractivity contribution in [3.05, 3.63) is 0 Å². The van der Waals surface area contributed by atoms with Crippen molar-refractivity contribution in [1.82, 2.24) is 0 Å². The topological polar surface area (TPSA) is 0 Å². The second-order valence-electron chi connectivity index (χ2n) is 5.00. The minimum atomic E-state index is 0.792. The molecule has 0 N–H and O–H groups in total. The Morgan fingerprint density at radius 3 is 2.06 bits per heavy atom. The molecule has 2 atom stereocenters. The van der Waals surface area contributed by atoms with Gasteiger partial charge in [-0.05, 0) is 22.7 Å². The average molecular weight is 311 g/mol. The van der Waals surface area contributed by atoms with Crippen molar-refractivity contribution >= 4 is 47.0 Å². The van der Waals surface area contributed by atoms with Gasteiger partial charge >= 0.3 is 0 Å². The van der Waals surface area contributed by atoms with Crippen molar-refractivity contribution in [2.75, 3.05) is 23.0 Å². The molecular weight excluding hydrogens is 284 g/mol. The van der Waals surface area contributed by atoms with Crippen LogP contribution in [0.25, 0.3) is 0 Å². The summed E-state index contributed by atoms with van der Waals surface area (Å²) in [5.74, 6) is 5.46. The summed E-state index contributed by atoms with van der Waals surface area (Å²) in [6, 6.07) is 0. The van der Waals surface area contributed by atoms with Crippen LogP contribution in [0.5, 0.6) is 0 Å². The van der Waals surface area contributed by atoms with Gasteiger partial charge in [-0.25, -0.2) is 0 Å². The number of hydrogen-bond acceptors (Lipinski definition) is 4. The van der Waals surface area contributed by atoms with E-state index >= 15 is 0 Å². The van der Waals surface area contributed by atoms with Gasteiger partial charge < -0.3 is 0 Å². The molecule has 1 rings (SSSR count). The number of thioether (sulfide) groups is 4. The third-order valence-electron chi connectivity index (χ3n) is 2.54. The molecule has 0 aliphatic carbocycles. The zero-order chi connectivity index (χ0) is 12.7. The summed E-state index contributed by atoms with van der Waals surface area (Å²) < 4.78 is 0. The molecule has 1 fully saturated rings. The Morgan fingerprint density at radius 1 is 0.941 bits per heavy atom. The molecule has 0 bridgehead atoms. The van der Waals surface area contributed by atoms with Crippen LogP contribution < -0.4 is 0 Å². The highest BCUT2D eigenvalue weighted by molar-refractivity contribution is 8.08. The van der Waals surface area contributed by atoms with E-state index in [2.05, 4.69) is 74.7 Å². The molecule has 1 aliphatic heterocycles. The Balaban J connectivity index is 2.05. The van der Waals surface area contributed by atoms with Crippen molar-refractivity contribution in [2.24, 2.45) is 0 Å². The molecule has 0 aromatic rings. The summed E-state index contributed by atoms with van der Waals surface area (Å²) >= 11 is 8.68. The van der Waals surface area contributed by atoms with Gasteiger partial charge in [-0.1, -0.05) is 27.7 Å². The molecule has 0 aromatic heterocycles. The van der Waals surface area contributed by atoms with Gasteiger partial charge in [0.15, 0.2) is 0 Å². The van der Waals surface area contributed by atoms with Gasteiger partial charge in [0.2, 0.25) is 0 Å². The maximum absolute atomic E-state index is 2.30. The van der Waals surface area contributed by atoms with E-state index < -0.39 is 0 Å². The first kappa shape index (κ1) is 16.5. The van der Waals surface area contributed by atoms with Crippen molar-refractivity contribution in [3.8, 4) is 0 Å². The predicted octanol–water partition coefficient (Wildman–Crippen LogP) is 4.88. The summed E-state index contributed by atoms with van der Waals surface area (Å²) in [5, 5.41) is 3.42. The van der Waals surface area contributed by atoms with Gasteiger partial charge in [-0.2, -0.15) is 47.0 Å². The van der Waals surface area contributed by atoms with E-state index in [9.17, 15) is 0 Å². The summed E-state index contributed by atoms with van der Waals surface area (Å²) in [6.07, 6.45) is 1.41. The summed E-state index contributed by atoms with van der Waals surface area (Å²) in [7, 11) is 0. The lowest BCUT2D eigenvalue weighted by molar-refractivity contribution is 0.905. The maximum Gasteiger partial charge on any atom is 0.0229 e. The lowest BCUT2D eigenvalue weighted by Crippen LogP contribution is -2.24. The van der Waals surface area contributed by atoms with Crippen LogP contribution >= 0.6 is 47.0 Å². The highest BCUT2D eigenvalue weighted by atomic mass is 32.2. The first-order valence-electron chi connectivity index (χ1n) is 6.54. The zero-order valence-corrected chi connectivity index (χ0v) is 14.7. The normalized spacial score (nSPS) is 25.8. The van der Waals surface area contributed by atoms with Crippen LogP contribution in [-0.2, 0) is 0 Å². The Labute approximate surface area is 125 Å². The van der Waals surface area contributed by atoms with Gasteiger partial charge in [0.25, 0.3) is 0 Å². The molecule has 0 amide bonds. The molecule has 1 heterocycles. The molecule has 1 aliphatic rings. The van der Waals surface area contributed by atoms with Crippen LogP contribution in [0.4, 0.5) is 0 Å². The van der Waals surface area contributed by atoms with E-state index in [0.29, 0.717) is 0 Å². The maximum atomic E-state index is 2.30. The van der Waals surface area contributed by atoms with Gasteiger partial charge in [-0.15, -0.1) is 0 Å². The molecule has 0 spiro atoms. The summed E-state index contributed by atoms with van der Waals surface area (Å²) in [5.41, 5.74) is 0. The second-order valence-corrected chi connectivity index (χ2v) is 11.0. The Kier molecular flexibility index (Phi) is 9.03. The molecule has 2 unspecified atom stereocenters. The van der Waals surface area contributed by atoms with E-state index in [1.165, 1.54) is 29.4 Å². The smallest absolute Gasteiger partial charge is 0.0229 e. The molecule has 1 saturated heterocycles. The van der Waals surface area contributed by atoms with Crippen molar-refractivity contribution < 1.29 is 0 Å². The number of hydrogen-bond donors (Lipinski definition) is 0. The molecule has 102 valence electrons. The standard InChI is InChI=1S/C13H26S4/c1-10(2)14-6-5-12-7-17-13(9-16-12)8-15-11(3)4/h10-13H,5-9H2,1-4H3. The third-order valence-corrected chi connectivity index (χ3v) is 8.44. The van der Waals surface area contributed by atoms with E-state index in [0.717, 1.165) is 21.0 Å². The predicted molar refractivity (Wildman–Crippen MR) is 92.3 cm³/mol. The zero-order valence-electron chi connectivity index (χ0n) is 11.5. The van der Waals surface area contributed by atoms with E-state index in [4.69, 9.17) is 0 Å². The third kappa shape index (κ3) is 8.22. The van der Waals surface area contributed by atoms with Gasteiger partial charge in [-0.3, -0.25) is 0 Å². The average Bonchev–Trinajstić information content (AvgIpc) is 2.27. The Morgan fingerprint density at radius 2 is 1.53 bits per heavy atom. The van der Waals surface area contributed by atoms with Crippen LogP contribution in [0.1, 0.15) is 34.1 Å². The Bertz CT molecular complexity index is 186. The van der Waals surface area contributed by atoms with E-state index in [-0.39, 0.29) is 0 Å². The molecule has 0 nitrogen and oxygen atoms in total. The fraction of sp³-hybridized carbons (Fsp3) is 1.00. The lowest BCUT2D eigenvalue weighted by atomic mass is 10.4. The molecule has 0 saturated carbocycles. The van der Waals surface area contributed by atoms with Crippen LogP contribution in [-0.4, -0.2) is 44.0 Å². The summed E-state index contributed by atoms with van der Waals surface area (Å²) in [4.78, 5) is 0. The van der Waals surface area contributed by atoms with E-state index in [1.807, 2.05) is 0 Å². The van der Waals surface area contributed by atoms with Crippen molar-refractivity contribution in [3.63, 3.8) is 0 Å². The fourth-order valence-corrected chi connectivity index (χ4v) is 6.89. The molecule has 17 heavy (non-hydrogen) atoms. The van der Waals surface area contributed by atoms with Crippen LogP contribution in [0.3, 0.4) is 0 Å². The lowest BCUT2D eigenvalue weighted by Gasteiger charge is -2.28. The number of rotatable bonds is 7. The Hall–Kier alpha value is 1.40. The highest BCUT2D eigenvalue weighted by Gasteiger charge is 2.22. The minimum Gasteiger partial charge on any atom is -0.159 e. The quantitative estimate of drug-likeness (QED) is 0.657. The first-order valence-corrected chi connectivity index (χ1v) is 10.7.